The van der Waals surface area contributed by atoms with Gasteiger partial charge in [0.05, 0.1) is 19.7 Å². The lowest BCUT2D eigenvalue weighted by Crippen LogP contribution is -2.64. The summed E-state index contributed by atoms with van der Waals surface area (Å²) in [4.78, 5) is 2.54. The zero-order valence-corrected chi connectivity index (χ0v) is 10.1. The molecule has 2 aliphatic heterocycles. The van der Waals surface area contributed by atoms with Crippen molar-refractivity contribution >= 4 is 0 Å². The highest BCUT2D eigenvalue weighted by molar-refractivity contribution is 4.66. The average Bonchev–Trinajstić information content (AvgIpc) is 2.31. The molecule has 16 heavy (non-hydrogen) atoms. The first-order valence-corrected chi connectivity index (χ1v) is 6.44. The van der Waals surface area contributed by atoms with Crippen LogP contribution >= 0.6 is 0 Å². The zero-order chi connectivity index (χ0) is 11.3. The average molecular weight is 229 g/mol. The lowest BCUT2D eigenvalue weighted by molar-refractivity contribution is -0.939. The number of piperazine rings is 2. The molecule has 0 atom stereocenters. The largest absolute Gasteiger partial charge is 0.391 e. The predicted octanol–water partition coefficient (Wildman–Crippen LogP) is -1.74. The van der Waals surface area contributed by atoms with Crippen molar-refractivity contribution in [2.75, 3.05) is 72.2 Å². The number of aliphatic hydroxyl groups is 1. The summed E-state index contributed by atoms with van der Waals surface area (Å²) in [6.07, 6.45) is 0. The highest BCUT2D eigenvalue weighted by atomic mass is 16.3. The Hall–Kier alpha value is -0.200. The van der Waals surface area contributed by atoms with Gasteiger partial charge in [0, 0.05) is 39.3 Å². The van der Waals surface area contributed by atoms with Gasteiger partial charge in [-0.25, -0.2) is 0 Å². The Bertz CT molecular complexity index is 195. The molecule has 0 aromatic carbocycles. The van der Waals surface area contributed by atoms with Crippen LogP contribution in [-0.2, 0) is 0 Å². The molecule has 0 aliphatic carbocycles. The molecule has 0 amide bonds. The van der Waals surface area contributed by atoms with E-state index >= 15 is 0 Å². The molecule has 0 aromatic rings. The number of nitrogens with one attached hydrogen (secondary N) is 2. The molecule has 94 valence electrons. The second-order valence-corrected chi connectivity index (χ2v) is 5.00. The van der Waals surface area contributed by atoms with E-state index in [1.54, 1.807) is 0 Å². The molecule has 0 aromatic heterocycles. The highest BCUT2D eigenvalue weighted by Crippen LogP contribution is 2.11. The maximum atomic E-state index is 9.25. The quantitative estimate of drug-likeness (QED) is 0.501. The van der Waals surface area contributed by atoms with E-state index in [-0.39, 0.29) is 0 Å². The molecule has 0 saturated carbocycles. The maximum Gasteiger partial charge on any atom is 0.135 e. The van der Waals surface area contributed by atoms with Crippen LogP contribution in [0.3, 0.4) is 0 Å². The Balaban J connectivity index is 1.89. The fourth-order valence-corrected chi connectivity index (χ4v) is 2.79. The third-order valence-electron chi connectivity index (χ3n) is 3.81. The van der Waals surface area contributed by atoms with Crippen LogP contribution in [0.5, 0.6) is 0 Å². The van der Waals surface area contributed by atoms with Gasteiger partial charge < -0.3 is 20.2 Å². The van der Waals surface area contributed by atoms with E-state index in [2.05, 4.69) is 15.5 Å². The molecule has 2 aliphatic rings. The van der Waals surface area contributed by atoms with E-state index in [9.17, 15) is 5.11 Å². The molecular weight excluding hydrogens is 204 g/mol. The van der Waals surface area contributed by atoms with Gasteiger partial charge in [-0.2, -0.15) is 0 Å². The van der Waals surface area contributed by atoms with Crippen LogP contribution in [0.15, 0.2) is 0 Å². The summed E-state index contributed by atoms with van der Waals surface area (Å²) in [6, 6.07) is 0. The van der Waals surface area contributed by atoms with Crippen LogP contribution in [-0.4, -0.2) is 86.7 Å². The van der Waals surface area contributed by atoms with Gasteiger partial charge in [-0.05, 0) is 0 Å². The summed E-state index contributed by atoms with van der Waals surface area (Å²) in [7, 11) is 0. The molecule has 2 fully saturated rings. The normalized spacial score (nSPS) is 26.8. The molecule has 2 heterocycles. The summed E-state index contributed by atoms with van der Waals surface area (Å²) in [5, 5.41) is 16.0. The lowest BCUT2D eigenvalue weighted by Gasteiger charge is -2.45. The Labute approximate surface area is 98.0 Å². The molecule has 0 radical (unpaired) electrons. The Morgan fingerprint density at radius 1 is 1.00 bits per heavy atom. The van der Waals surface area contributed by atoms with Crippen LogP contribution in [0.1, 0.15) is 0 Å². The van der Waals surface area contributed by atoms with E-state index in [1.807, 2.05) is 0 Å². The van der Waals surface area contributed by atoms with Gasteiger partial charge in [0.1, 0.15) is 13.2 Å². The molecule has 0 spiro atoms. The van der Waals surface area contributed by atoms with Crippen LogP contribution in [0.25, 0.3) is 0 Å². The fourth-order valence-electron chi connectivity index (χ4n) is 2.79. The van der Waals surface area contributed by atoms with Crippen molar-refractivity contribution in [1.82, 2.24) is 15.5 Å². The number of aliphatic hydroxyl groups excluding tert-OH is 1. The minimum Gasteiger partial charge on any atom is -0.391 e. The first-order chi connectivity index (χ1) is 7.85. The van der Waals surface area contributed by atoms with Gasteiger partial charge in [-0.3, -0.25) is 4.90 Å². The Morgan fingerprint density at radius 3 is 2.25 bits per heavy atom. The van der Waals surface area contributed by atoms with E-state index in [4.69, 9.17) is 0 Å². The predicted molar refractivity (Wildman–Crippen MR) is 64.1 cm³/mol. The number of quaternary nitrogens is 1. The molecule has 2 saturated heterocycles. The molecule has 0 unspecified atom stereocenters. The van der Waals surface area contributed by atoms with Gasteiger partial charge in [0.25, 0.3) is 0 Å². The third-order valence-corrected chi connectivity index (χ3v) is 3.81. The van der Waals surface area contributed by atoms with Crippen LogP contribution in [0, 0.1) is 0 Å². The van der Waals surface area contributed by atoms with E-state index in [0.717, 1.165) is 70.1 Å². The third kappa shape index (κ3) is 3.15. The van der Waals surface area contributed by atoms with Gasteiger partial charge >= 0.3 is 0 Å². The monoisotopic (exact) mass is 229 g/mol. The summed E-state index contributed by atoms with van der Waals surface area (Å²) in [6.45, 7) is 11.3. The van der Waals surface area contributed by atoms with Gasteiger partial charge in [-0.15, -0.1) is 0 Å². The first kappa shape index (κ1) is 12.3. The Morgan fingerprint density at radius 2 is 1.62 bits per heavy atom. The zero-order valence-electron chi connectivity index (χ0n) is 10.1. The first-order valence-electron chi connectivity index (χ1n) is 6.44. The number of hydrogen-bond acceptors (Lipinski definition) is 4. The highest BCUT2D eigenvalue weighted by Gasteiger charge is 2.31. The van der Waals surface area contributed by atoms with Crippen LogP contribution in [0.2, 0.25) is 0 Å². The van der Waals surface area contributed by atoms with Crippen molar-refractivity contribution in [3.8, 4) is 0 Å². The minimum atomic E-state index is 0.312. The number of rotatable bonds is 4. The van der Waals surface area contributed by atoms with Crippen molar-refractivity contribution in [2.45, 2.75) is 0 Å². The van der Waals surface area contributed by atoms with E-state index in [0.29, 0.717) is 6.61 Å². The molecule has 2 rings (SSSR count). The summed E-state index contributed by atoms with van der Waals surface area (Å²) in [5.74, 6) is 0. The van der Waals surface area contributed by atoms with Crippen LogP contribution < -0.4 is 10.6 Å². The Kier molecular flexibility index (Phi) is 4.55. The van der Waals surface area contributed by atoms with E-state index < -0.39 is 0 Å². The second-order valence-electron chi connectivity index (χ2n) is 5.00. The maximum absolute atomic E-state index is 9.25. The minimum absolute atomic E-state index is 0.312. The van der Waals surface area contributed by atoms with Crippen molar-refractivity contribution < 1.29 is 9.59 Å². The van der Waals surface area contributed by atoms with Crippen molar-refractivity contribution in [3.63, 3.8) is 0 Å². The van der Waals surface area contributed by atoms with Gasteiger partial charge in [0.2, 0.25) is 0 Å². The van der Waals surface area contributed by atoms with Crippen molar-refractivity contribution in [2.24, 2.45) is 0 Å². The van der Waals surface area contributed by atoms with E-state index in [1.165, 1.54) is 0 Å². The van der Waals surface area contributed by atoms with Crippen molar-refractivity contribution in [3.05, 3.63) is 0 Å². The molecule has 3 N–H and O–H groups in total. The number of hydrogen-bond donors (Lipinski definition) is 3. The SMILES string of the molecule is OCC[N+]1(CN2CCNCC2)CCNCC1. The van der Waals surface area contributed by atoms with Crippen molar-refractivity contribution in [1.29, 1.82) is 0 Å². The summed E-state index contributed by atoms with van der Waals surface area (Å²) >= 11 is 0. The van der Waals surface area contributed by atoms with Crippen LogP contribution in [0.4, 0.5) is 0 Å². The molecule has 5 heteroatoms. The summed E-state index contributed by atoms with van der Waals surface area (Å²) in [5.41, 5.74) is 0. The van der Waals surface area contributed by atoms with Gasteiger partial charge in [0.15, 0.2) is 0 Å². The second kappa shape index (κ2) is 5.93. The number of nitrogens with zero attached hydrogens (tertiary/aromatic N) is 2. The smallest absolute Gasteiger partial charge is 0.135 e. The van der Waals surface area contributed by atoms with Gasteiger partial charge in [-0.1, -0.05) is 0 Å². The molecule has 5 nitrogen and oxygen atoms in total. The molecule has 0 bridgehead atoms. The molecular formula is C11H25N4O+. The topological polar surface area (TPSA) is 47.5 Å². The summed E-state index contributed by atoms with van der Waals surface area (Å²) < 4.78 is 1.07. The fraction of sp³-hybridized carbons (Fsp3) is 1.00. The lowest BCUT2D eigenvalue weighted by atomic mass is 10.2. The standard InChI is InChI=1S/C11H25N4O/c16-10-9-15(7-3-13-4-8-15)11-14-5-1-12-2-6-14/h12-13,16H,1-11H2/q+1.